The van der Waals surface area contributed by atoms with Crippen molar-refractivity contribution in [2.45, 2.75) is 6.92 Å². The molecule has 1 N–H and O–H groups in total. The minimum Gasteiger partial charge on any atom is -0.322 e. The standard InChI is InChI=1S/C14H10BrClN2O3/c1-8-3-2-4-12(18(20)21)13(8)14(19)17-9-5-6-11(16)10(15)7-9/h2-7H,1H3,(H,17,19). The van der Waals surface area contributed by atoms with Crippen molar-refractivity contribution >= 4 is 44.8 Å². The van der Waals surface area contributed by atoms with Crippen molar-refractivity contribution in [1.29, 1.82) is 0 Å². The number of aryl methyl sites for hydroxylation is 1. The number of carbonyl (C=O) groups excluding carboxylic acids is 1. The van der Waals surface area contributed by atoms with Crippen molar-refractivity contribution in [3.8, 4) is 0 Å². The van der Waals surface area contributed by atoms with Crippen molar-refractivity contribution in [2.75, 3.05) is 5.32 Å². The second kappa shape index (κ2) is 6.24. The van der Waals surface area contributed by atoms with Gasteiger partial charge in [0.05, 0.1) is 9.95 Å². The predicted octanol–water partition coefficient (Wildman–Crippen LogP) is 4.57. The van der Waals surface area contributed by atoms with Crippen LogP contribution in [-0.2, 0) is 0 Å². The Bertz CT molecular complexity index is 734. The van der Waals surface area contributed by atoms with Gasteiger partial charge in [-0.25, -0.2) is 0 Å². The van der Waals surface area contributed by atoms with E-state index in [1.807, 2.05) is 0 Å². The summed E-state index contributed by atoms with van der Waals surface area (Å²) in [7, 11) is 0. The molecule has 0 atom stereocenters. The van der Waals surface area contributed by atoms with Crippen LogP contribution in [0.5, 0.6) is 0 Å². The van der Waals surface area contributed by atoms with Gasteiger partial charge in [-0.05, 0) is 46.6 Å². The number of halogens is 2. The summed E-state index contributed by atoms with van der Waals surface area (Å²) in [4.78, 5) is 22.8. The highest BCUT2D eigenvalue weighted by Gasteiger charge is 2.22. The molecule has 0 aromatic heterocycles. The summed E-state index contributed by atoms with van der Waals surface area (Å²) in [5.74, 6) is -0.533. The van der Waals surface area contributed by atoms with Crippen LogP contribution in [0.1, 0.15) is 15.9 Å². The van der Waals surface area contributed by atoms with E-state index in [9.17, 15) is 14.9 Å². The lowest BCUT2D eigenvalue weighted by molar-refractivity contribution is -0.385. The first-order chi connectivity index (χ1) is 9.90. The highest BCUT2D eigenvalue weighted by Crippen LogP contribution is 2.27. The van der Waals surface area contributed by atoms with Gasteiger partial charge < -0.3 is 5.32 Å². The third-order valence-corrected chi connectivity index (χ3v) is 4.07. The Balaban J connectivity index is 2.36. The second-order valence-corrected chi connectivity index (χ2v) is 5.57. The number of hydrogen-bond donors (Lipinski definition) is 1. The van der Waals surface area contributed by atoms with Crippen LogP contribution >= 0.6 is 27.5 Å². The number of nitro groups is 1. The number of rotatable bonds is 3. The van der Waals surface area contributed by atoms with Crippen LogP contribution < -0.4 is 5.32 Å². The van der Waals surface area contributed by atoms with Crippen LogP contribution in [0.15, 0.2) is 40.9 Å². The molecule has 0 radical (unpaired) electrons. The van der Waals surface area contributed by atoms with E-state index in [1.165, 1.54) is 6.07 Å². The average Bonchev–Trinajstić information content (AvgIpc) is 2.42. The van der Waals surface area contributed by atoms with Crippen LogP contribution in [0.4, 0.5) is 11.4 Å². The van der Waals surface area contributed by atoms with E-state index in [0.717, 1.165) is 0 Å². The molecule has 0 bridgehead atoms. The topological polar surface area (TPSA) is 72.2 Å². The number of carbonyl (C=O) groups is 1. The van der Waals surface area contributed by atoms with E-state index in [2.05, 4.69) is 21.2 Å². The van der Waals surface area contributed by atoms with Gasteiger partial charge in [0.25, 0.3) is 11.6 Å². The fourth-order valence-corrected chi connectivity index (χ4v) is 2.36. The summed E-state index contributed by atoms with van der Waals surface area (Å²) in [6.45, 7) is 1.65. The van der Waals surface area contributed by atoms with Crippen molar-refractivity contribution < 1.29 is 9.72 Å². The maximum atomic E-state index is 12.3. The van der Waals surface area contributed by atoms with Gasteiger partial charge in [-0.3, -0.25) is 14.9 Å². The van der Waals surface area contributed by atoms with E-state index in [4.69, 9.17) is 11.6 Å². The number of nitrogens with one attached hydrogen (secondary N) is 1. The van der Waals surface area contributed by atoms with Crippen molar-refractivity contribution in [1.82, 2.24) is 0 Å². The molecule has 0 aliphatic rings. The van der Waals surface area contributed by atoms with Gasteiger partial charge in [0.15, 0.2) is 0 Å². The molecule has 7 heteroatoms. The van der Waals surface area contributed by atoms with Gasteiger partial charge in [-0.1, -0.05) is 23.7 Å². The zero-order valence-corrected chi connectivity index (χ0v) is 13.2. The van der Waals surface area contributed by atoms with Gasteiger partial charge in [-0.2, -0.15) is 0 Å². The van der Waals surface area contributed by atoms with E-state index >= 15 is 0 Å². The Morgan fingerprint density at radius 3 is 2.67 bits per heavy atom. The molecule has 0 aliphatic carbocycles. The lowest BCUT2D eigenvalue weighted by Gasteiger charge is -2.09. The maximum Gasteiger partial charge on any atom is 0.282 e. The Hall–Kier alpha value is -1.92. The minimum absolute atomic E-state index is 0.0496. The highest BCUT2D eigenvalue weighted by atomic mass is 79.9. The molecular weight excluding hydrogens is 360 g/mol. The molecule has 21 heavy (non-hydrogen) atoms. The zero-order valence-electron chi connectivity index (χ0n) is 10.9. The first-order valence-electron chi connectivity index (χ1n) is 5.90. The van der Waals surface area contributed by atoms with Crippen LogP contribution in [0, 0.1) is 17.0 Å². The molecule has 1 amide bonds. The molecule has 2 aromatic rings. The largest absolute Gasteiger partial charge is 0.322 e. The molecule has 108 valence electrons. The Morgan fingerprint density at radius 1 is 1.33 bits per heavy atom. The number of hydrogen-bond acceptors (Lipinski definition) is 3. The Labute approximate surface area is 134 Å². The zero-order chi connectivity index (χ0) is 15.6. The molecule has 0 fully saturated rings. The fraction of sp³-hybridized carbons (Fsp3) is 0.0714. The summed E-state index contributed by atoms with van der Waals surface area (Å²) in [6, 6.07) is 9.37. The molecular formula is C14H10BrClN2O3. The number of anilines is 1. The van der Waals surface area contributed by atoms with Crippen LogP contribution in [-0.4, -0.2) is 10.8 Å². The lowest BCUT2D eigenvalue weighted by atomic mass is 10.1. The van der Waals surface area contributed by atoms with Crippen LogP contribution in [0.2, 0.25) is 5.02 Å². The van der Waals surface area contributed by atoms with Gasteiger partial charge in [-0.15, -0.1) is 0 Å². The molecule has 2 aromatic carbocycles. The summed E-state index contributed by atoms with van der Waals surface area (Å²) in [5.41, 5.74) is 0.859. The molecule has 0 saturated heterocycles. The number of benzene rings is 2. The SMILES string of the molecule is Cc1cccc([N+](=O)[O-])c1C(=O)Nc1ccc(Cl)c(Br)c1. The molecule has 0 saturated carbocycles. The van der Waals surface area contributed by atoms with Crippen molar-refractivity contribution in [3.63, 3.8) is 0 Å². The summed E-state index contributed by atoms with van der Waals surface area (Å²) >= 11 is 9.13. The van der Waals surface area contributed by atoms with E-state index in [1.54, 1.807) is 37.3 Å². The first-order valence-corrected chi connectivity index (χ1v) is 7.07. The second-order valence-electron chi connectivity index (χ2n) is 4.31. The van der Waals surface area contributed by atoms with E-state index in [-0.39, 0.29) is 11.3 Å². The lowest BCUT2D eigenvalue weighted by Crippen LogP contribution is -2.15. The third kappa shape index (κ3) is 3.40. The monoisotopic (exact) mass is 368 g/mol. The fourth-order valence-electron chi connectivity index (χ4n) is 1.87. The molecule has 0 spiro atoms. The van der Waals surface area contributed by atoms with E-state index < -0.39 is 10.8 Å². The summed E-state index contributed by atoms with van der Waals surface area (Å²) in [6.07, 6.45) is 0. The average molecular weight is 370 g/mol. The molecule has 0 aliphatic heterocycles. The van der Waals surface area contributed by atoms with Gasteiger partial charge in [0.2, 0.25) is 0 Å². The normalized spacial score (nSPS) is 10.2. The third-order valence-electron chi connectivity index (χ3n) is 2.85. The predicted molar refractivity (Wildman–Crippen MR) is 84.9 cm³/mol. The van der Waals surface area contributed by atoms with Crippen LogP contribution in [0.25, 0.3) is 0 Å². The smallest absolute Gasteiger partial charge is 0.282 e. The van der Waals surface area contributed by atoms with Gasteiger partial charge >= 0.3 is 0 Å². The number of nitro benzene ring substituents is 1. The molecule has 5 nitrogen and oxygen atoms in total. The van der Waals surface area contributed by atoms with Gasteiger partial charge in [0.1, 0.15) is 5.56 Å². The quantitative estimate of drug-likeness (QED) is 0.636. The summed E-state index contributed by atoms with van der Waals surface area (Å²) in [5, 5.41) is 14.2. The van der Waals surface area contributed by atoms with E-state index in [0.29, 0.717) is 20.7 Å². The summed E-state index contributed by atoms with van der Waals surface area (Å²) < 4.78 is 0.626. The number of nitrogens with zero attached hydrogens (tertiary/aromatic N) is 1. The van der Waals surface area contributed by atoms with Crippen LogP contribution in [0.3, 0.4) is 0 Å². The molecule has 0 heterocycles. The van der Waals surface area contributed by atoms with Crippen molar-refractivity contribution in [3.05, 3.63) is 67.1 Å². The number of amides is 1. The van der Waals surface area contributed by atoms with Gasteiger partial charge in [0, 0.05) is 16.2 Å². The Kier molecular flexibility index (Phi) is 4.59. The molecule has 0 unspecified atom stereocenters. The Morgan fingerprint density at radius 2 is 2.05 bits per heavy atom. The van der Waals surface area contributed by atoms with Crippen molar-refractivity contribution in [2.24, 2.45) is 0 Å². The minimum atomic E-state index is -0.570. The highest BCUT2D eigenvalue weighted by molar-refractivity contribution is 9.10. The molecule has 2 rings (SSSR count). The maximum absolute atomic E-state index is 12.3. The first kappa shape index (κ1) is 15.5.